The summed E-state index contributed by atoms with van der Waals surface area (Å²) < 4.78 is 2.42. The average molecular weight is 287 g/mol. The van der Waals surface area contributed by atoms with E-state index in [9.17, 15) is 0 Å². The Hall–Kier alpha value is -1.51. The molecule has 0 radical (unpaired) electrons. The fraction of sp³-hybridized carbons (Fsp3) is 0.611. The van der Waals surface area contributed by atoms with E-state index in [2.05, 4.69) is 52.2 Å². The Bertz CT molecular complexity index is 619. The zero-order valence-corrected chi connectivity index (χ0v) is 14.3. The highest BCUT2D eigenvalue weighted by molar-refractivity contribution is 5.80. The number of anilines is 1. The van der Waals surface area contributed by atoms with Crippen LogP contribution in [0.5, 0.6) is 0 Å². The van der Waals surface area contributed by atoms with Crippen molar-refractivity contribution in [1.82, 2.24) is 9.55 Å². The smallest absolute Gasteiger partial charge is 0.115 e. The first-order valence-corrected chi connectivity index (χ1v) is 8.02. The molecule has 0 spiro atoms. The second kappa shape index (κ2) is 5.70. The summed E-state index contributed by atoms with van der Waals surface area (Å²) in [5, 5.41) is 0. The molecule has 0 fully saturated rings. The van der Waals surface area contributed by atoms with Gasteiger partial charge < -0.3 is 10.3 Å². The maximum Gasteiger partial charge on any atom is 0.115 e. The van der Waals surface area contributed by atoms with E-state index < -0.39 is 0 Å². The lowest BCUT2D eigenvalue weighted by molar-refractivity contribution is 0.378. The molecule has 0 amide bonds. The first kappa shape index (κ1) is 15.9. The number of nitrogens with zero attached hydrogens (tertiary/aromatic N) is 2. The van der Waals surface area contributed by atoms with Crippen LogP contribution in [0.15, 0.2) is 18.2 Å². The Balaban J connectivity index is 2.58. The van der Waals surface area contributed by atoms with Gasteiger partial charge in [-0.25, -0.2) is 4.98 Å². The van der Waals surface area contributed by atoms with Gasteiger partial charge in [0.25, 0.3) is 0 Å². The lowest BCUT2D eigenvalue weighted by Crippen LogP contribution is -2.22. The summed E-state index contributed by atoms with van der Waals surface area (Å²) in [6, 6.07) is 6.52. The van der Waals surface area contributed by atoms with E-state index in [4.69, 9.17) is 10.7 Å². The molecule has 2 unspecified atom stereocenters. The molecule has 0 saturated carbocycles. The fourth-order valence-corrected chi connectivity index (χ4v) is 2.95. The predicted molar refractivity (Wildman–Crippen MR) is 91.6 cm³/mol. The first-order chi connectivity index (χ1) is 9.74. The molecule has 116 valence electrons. The second-order valence-corrected chi connectivity index (χ2v) is 7.40. The molecular formula is C18H29N3. The molecule has 3 heteroatoms. The van der Waals surface area contributed by atoms with Crippen LogP contribution < -0.4 is 5.73 Å². The van der Waals surface area contributed by atoms with Crippen LogP contribution in [0.4, 0.5) is 5.69 Å². The van der Waals surface area contributed by atoms with E-state index in [1.807, 2.05) is 12.1 Å². The number of rotatable bonds is 4. The standard InChI is InChI=1S/C18H29N3/c1-7-12(2)10-13(3)21-16-9-8-14(19)11-15(16)20-17(21)18(4,5)6/h8-9,11-13H,7,10,19H2,1-6H3. The quantitative estimate of drug-likeness (QED) is 0.812. The minimum atomic E-state index is 0.0253. The monoisotopic (exact) mass is 287 g/mol. The fourth-order valence-electron chi connectivity index (χ4n) is 2.95. The molecule has 0 bridgehead atoms. The van der Waals surface area contributed by atoms with Crippen LogP contribution in [-0.2, 0) is 5.41 Å². The van der Waals surface area contributed by atoms with Crippen LogP contribution in [0.25, 0.3) is 11.0 Å². The zero-order valence-electron chi connectivity index (χ0n) is 14.3. The minimum absolute atomic E-state index is 0.0253. The molecule has 2 atom stereocenters. The van der Waals surface area contributed by atoms with Crippen molar-refractivity contribution < 1.29 is 0 Å². The van der Waals surface area contributed by atoms with Crippen molar-refractivity contribution in [3.8, 4) is 0 Å². The molecule has 1 aromatic heterocycles. The third-order valence-corrected chi connectivity index (χ3v) is 4.27. The molecule has 2 N–H and O–H groups in total. The number of hydrogen-bond donors (Lipinski definition) is 1. The van der Waals surface area contributed by atoms with Crippen molar-refractivity contribution in [2.45, 2.75) is 65.8 Å². The van der Waals surface area contributed by atoms with Gasteiger partial charge in [-0.2, -0.15) is 0 Å². The normalized spacial score (nSPS) is 15.3. The molecular weight excluding hydrogens is 258 g/mol. The summed E-state index contributed by atoms with van der Waals surface area (Å²) in [5.74, 6) is 1.87. The highest BCUT2D eigenvalue weighted by Crippen LogP contribution is 2.32. The molecule has 0 saturated heterocycles. The van der Waals surface area contributed by atoms with Crippen molar-refractivity contribution in [3.63, 3.8) is 0 Å². The molecule has 0 aliphatic heterocycles. The Kier molecular flexibility index (Phi) is 4.31. The molecule has 1 heterocycles. The van der Waals surface area contributed by atoms with Crippen molar-refractivity contribution in [2.75, 3.05) is 5.73 Å². The van der Waals surface area contributed by atoms with Gasteiger partial charge in [-0.3, -0.25) is 0 Å². The van der Waals surface area contributed by atoms with Crippen LogP contribution in [0.1, 0.15) is 66.3 Å². The topological polar surface area (TPSA) is 43.8 Å². The summed E-state index contributed by atoms with van der Waals surface area (Å²) in [6.07, 6.45) is 2.39. The Morgan fingerprint density at radius 3 is 2.48 bits per heavy atom. The van der Waals surface area contributed by atoms with E-state index in [0.29, 0.717) is 6.04 Å². The second-order valence-electron chi connectivity index (χ2n) is 7.40. The molecule has 0 aliphatic rings. The van der Waals surface area contributed by atoms with Crippen molar-refractivity contribution in [3.05, 3.63) is 24.0 Å². The third kappa shape index (κ3) is 3.22. The lowest BCUT2D eigenvalue weighted by atomic mass is 9.94. The van der Waals surface area contributed by atoms with E-state index in [0.717, 1.165) is 22.9 Å². The summed E-state index contributed by atoms with van der Waals surface area (Å²) in [4.78, 5) is 4.88. The number of nitrogen functional groups attached to an aromatic ring is 1. The largest absolute Gasteiger partial charge is 0.399 e. The molecule has 21 heavy (non-hydrogen) atoms. The Labute approximate surface area is 128 Å². The number of fused-ring (bicyclic) bond motifs is 1. The summed E-state index contributed by atoms with van der Waals surface area (Å²) in [7, 11) is 0. The van der Waals surface area contributed by atoms with Crippen molar-refractivity contribution in [2.24, 2.45) is 5.92 Å². The van der Waals surface area contributed by atoms with E-state index in [1.165, 1.54) is 18.4 Å². The molecule has 0 aliphatic carbocycles. The van der Waals surface area contributed by atoms with Gasteiger partial charge in [0, 0.05) is 17.1 Å². The summed E-state index contributed by atoms with van der Waals surface area (Å²) in [5.41, 5.74) is 8.94. The predicted octanol–water partition coefficient (Wildman–Crippen LogP) is 4.91. The van der Waals surface area contributed by atoms with Crippen LogP contribution in [0.3, 0.4) is 0 Å². The zero-order chi connectivity index (χ0) is 15.8. The Morgan fingerprint density at radius 1 is 1.24 bits per heavy atom. The Morgan fingerprint density at radius 2 is 1.90 bits per heavy atom. The van der Waals surface area contributed by atoms with Gasteiger partial charge in [0.2, 0.25) is 0 Å². The lowest BCUT2D eigenvalue weighted by Gasteiger charge is -2.26. The van der Waals surface area contributed by atoms with Crippen molar-refractivity contribution >= 4 is 16.7 Å². The average Bonchev–Trinajstić information content (AvgIpc) is 2.76. The SMILES string of the molecule is CCC(C)CC(C)n1c(C(C)(C)C)nc2cc(N)ccc21. The summed E-state index contributed by atoms with van der Waals surface area (Å²) >= 11 is 0. The van der Waals surface area contributed by atoms with E-state index >= 15 is 0 Å². The van der Waals surface area contributed by atoms with Gasteiger partial charge in [-0.05, 0) is 37.5 Å². The van der Waals surface area contributed by atoms with Crippen LogP contribution >= 0.6 is 0 Å². The van der Waals surface area contributed by atoms with Gasteiger partial charge in [0.15, 0.2) is 0 Å². The number of aromatic nitrogens is 2. The van der Waals surface area contributed by atoms with Gasteiger partial charge in [-0.1, -0.05) is 41.0 Å². The number of imidazole rings is 1. The minimum Gasteiger partial charge on any atom is -0.399 e. The molecule has 2 rings (SSSR count). The van der Waals surface area contributed by atoms with E-state index in [-0.39, 0.29) is 5.41 Å². The van der Waals surface area contributed by atoms with Crippen LogP contribution in [-0.4, -0.2) is 9.55 Å². The summed E-state index contributed by atoms with van der Waals surface area (Å²) in [6.45, 7) is 13.6. The number of benzene rings is 1. The van der Waals surface area contributed by atoms with Gasteiger partial charge in [0.05, 0.1) is 11.0 Å². The third-order valence-electron chi connectivity index (χ3n) is 4.27. The first-order valence-electron chi connectivity index (χ1n) is 8.02. The van der Waals surface area contributed by atoms with Crippen molar-refractivity contribution in [1.29, 1.82) is 0 Å². The highest BCUT2D eigenvalue weighted by atomic mass is 15.1. The molecule has 3 nitrogen and oxygen atoms in total. The maximum absolute atomic E-state index is 5.92. The molecule has 2 aromatic rings. The van der Waals surface area contributed by atoms with E-state index in [1.54, 1.807) is 0 Å². The van der Waals surface area contributed by atoms with Gasteiger partial charge in [0.1, 0.15) is 5.82 Å². The number of nitrogens with two attached hydrogens (primary N) is 1. The van der Waals surface area contributed by atoms with Crippen LogP contribution in [0, 0.1) is 5.92 Å². The van der Waals surface area contributed by atoms with Crippen LogP contribution in [0.2, 0.25) is 0 Å². The maximum atomic E-state index is 5.92. The van der Waals surface area contributed by atoms with Gasteiger partial charge in [-0.15, -0.1) is 0 Å². The highest BCUT2D eigenvalue weighted by Gasteiger charge is 2.25. The van der Waals surface area contributed by atoms with Gasteiger partial charge >= 0.3 is 0 Å². The molecule has 1 aromatic carbocycles. The number of hydrogen-bond acceptors (Lipinski definition) is 2.